The molecule has 2 rings (SSSR count). The predicted octanol–water partition coefficient (Wildman–Crippen LogP) is 3.17. The van der Waals surface area contributed by atoms with Gasteiger partial charge < -0.3 is 11.1 Å². The molecular formula is C14H24N4. The predicted molar refractivity (Wildman–Crippen MR) is 75.6 cm³/mol. The van der Waals surface area contributed by atoms with Crippen molar-refractivity contribution in [3.63, 3.8) is 0 Å². The maximum atomic E-state index is 5.85. The van der Waals surface area contributed by atoms with Crippen molar-refractivity contribution < 1.29 is 0 Å². The summed E-state index contributed by atoms with van der Waals surface area (Å²) in [6.07, 6.45) is 3.75. The maximum Gasteiger partial charge on any atom is 0.135 e. The molecule has 0 saturated heterocycles. The van der Waals surface area contributed by atoms with Crippen LogP contribution in [0.2, 0.25) is 0 Å². The van der Waals surface area contributed by atoms with Crippen molar-refractivity contribution in [1.82, 2.24) is 9.97 Å². The van der Waals surface area contributed by atoms with Crippen LogP contribution in [0.1, 0.15) is 58.7 Å². The van der Waals surface area contributed by atoms with E-state index >= 15 is 0 Å². The molecule has 1 aromatic rings. The van der Waals surface area contributed by atoms with E-state index in [1.807, 2.05) is 6.07 Å². The van der Waals surface area contributed by atoms with Gasteiger partial charge in [0.1, 0.15) is 17.5 Å². The molecular weight excluding hydrogens is 224 g/mol. The van der Waals surface area contributed by atoms with Gasteiger partial charge in [0, 0.05) is 18.0 Å². The van der Waals surface area contributed by atoms with Crippen molar-refractivity contribution in [2.24, 2.45) is 5.41 Å². The third-order valence-corrected chi connectivity index (χ3v) is 3.86. The van der Waals surface area contributed by atoms with Gasteiger partial charge in [0.2, 0.25) is 0 Å². The smallest absolute Gasteiger partial charge is 0.135 e. The van der Waals surface area contributed by atoms with Crippen LogP contribution < -0.4 is 11.1 Å². The van der Waals surface area contributed by atoms with Gasteiger partial charge in [-0.1, -0.05) is 34.1 Å². The van der Waals surface area contributed by atoms with Crippen LogP contribution in [0.15, 0.2) is 6.07 Å². The second-order valence-electron chi connectivity index (χ2n) is 6.27. The standard InChI is InChI=1S/C14H24N4/c1-9(2)13-17-11(15)8-12(18-13)16-10-6-5-7-14(10,3)4/h8-10H,5-7H2,1-4H3,(H3,15,16,17,18). The van der Waals surface area contributed by atoms with Crippen LogP contribution in [-0.2, 0) is 0 Å². The largest absolute Gasteiger partial charge is 0.384 e. The summed E-state index contributed by atoms with van der Waals surface area (Å²) in [4.78, 5) is 8.83. The topological polar surface area (TPSA) is 63.8 Å². The van der Waals surface area contributed by atoms with Gasteiger partial charge in [0.05, 0.1) is 0 Å². The average molecular weight is 248 g/mol. The first-order valence-electron chi connectivity index (χ1n) is 6.79. The van der Waals surface area contributed by atoms with E-state index in [4.69, 9.17) is 5.73 Å². The molecule has 1 saturated carbocycles. The Balaban J connectivity index is 2.19. The Bertz CT molecular complexity index is 426. The minimum Gasteiger partial charge on any atom is -0.384 e. The van der Waals surface area contributed by atoms with Crippen molar-refractivity contribution in [2.45, 2.75) is 58.9 Å². The molecule has 18 heavy (non-hydrogen) atoms. The highest BCUT2D eigenvalue weighted by Crippen LogP contribution is 2.38. The molecule has 0 bridgehead atoms. The molecule has 1 fully saturated rings. The van der Waals surface area contributed by atoms with Gasteiger partial charge in [-0.2, -0.15) is 0 Å². The van der Waals surface area contributed by atoms with E-state index in [2.05, 4.69) is 43.0 Å². The molecule has 0 spiro atoms. The molecule has 1 atom stereocenters. The Kier molecular flexibility index (Phi) is 3.46. The van der Waals surface area contributed by atoms with Crippen LogP contribution in [0.25, 0.3) is 0 Å². The molecule has 1 aromatic heterocycles. The highest BCUT2D eigenvalue weighted by atomic mass is 15.1. The second kappa shape index (κ2) is 4.75. The first-order valence-corrected chi connectivity index (χ1v) is 6.79. The lowest BCUT2D eigenvalue weighted by molar-refractivity contribution is 0.349. The van der Waals surface area contributed by atoms with Gasteiger partial charge >= 0.3 is 0 Å². The van der Waals surface area contributed by atoms with E-state index in [9.17, 15) is 0 Å². The lowest BCUT2D eigenvalue weighted by atomic mass is 9.87. The Morgan fingerprint density at radius 1 is 1.39 bits per heavy atom. The van der Waals surface area contributed by atoms with Gasteiger partial charge in [-0.25, -0.2) is 9.97 Å². The minimum absolute atomic E-state index is 0.297. The molecule has 0 aliphatic heterocycles. The zero-order valence-corrected chi connectivity index (χ0v) is 11.8. The summed E-state index contributed by atoms with van der Waals surface area (Å²) in [7, 11) is 0. The fourth-order valence-corrected chi connectivity index (χ4v) is 2.59. The highest BCUT2D eigenvalue weighted by Gasteiger charge is 2.34. The van der Waals surface area contributed by atoms with Crippen molar-refractivity contribution in [3.8, 4) is 0 Å². The molecule has 1 aliphatic carbocycles. The number of nitrogens with two attached hydrogens (primary N) is 1. The monoisotopic (exact) mass is 248 g/mol. The van der Waals surface area contributed by atoms with E-state index in [-0.39, 0.29) is 0 Å². The summed E-state index contributed by atoms with van der Waals surface area (Å²) < 4.78 is 0. The zero-order chi connectivity index (χ0) is 13.3. The van der Waals surface area contributed by atoms with Crippen LogP contribution in [0.5, 0.6) is 0 Å². The van der Waals surface area contributed by atoms with E-state index in [0.717, 1.165) is 11.6 Å². The minimum atomic E-state index is 0.297. The fraction of sp³-hybridized carbons (Fsp3) is 0.714. The normalized spacial score (nSPS) is 22.4. The van der Waals surface area contributed by atoms with Crippen LogP contribution in [0.3, 0.4) is 0 Å². The number of aromatic nitrogens is 2. The van der Waals surface area contributed by atoms with Crippen LogP contribution in [0, 0.1) is 5.41 Å². The number of nitrogen functional groups attached to an aromatic ring is 1. The van der Waals surface area contributed by atoms with Crippen LogP contribution >= 0.6 is 0 Å². The van der Waals surface area contributed by atoms with Gasteiger partial charge in [-0.15, -0.1) is 0 Å². The molecule has 0 radical (unpaired) electrons. The van der Waals surface area contributed by atoms with Crippen molar-refractivity contribution in [1.29, 1.82) is 0 Å². The first kappa shape index (κ1) is 13.1. The van der Waals surface area contributed by atoms with Crippen molar-refractivity contribution >= 4 is 11.6 Å². The molecule has 0 amide bonds. The lowest BCUT2D eigenvalue weighted by Crippen LogP contribution is -2.31. The number of rotatable bonds is 3. The maximum absolute atomic E-state index is 5.85. The van der Waals surface area contributed by atoms with E-state index in [1.165, 1.54) is 19.3 Å². The summed E-state index contributed by atoms with van der Waals surface area (Å²) >= 11 is 0. The summed E-state index contributed by atoms with van der Waals surface area (Å²) in [6.45, 7) is 8.78. The van der Waals surface area contributed by atoms with Crippen LogP contribution in [-0.4, -0.2) is 16.0 Å². The summed E-state index contributed by atoms with van der Waals surface area (Å²) in [6, 6.07) is 2.31. The van der Waals surface area contributed by atoms with Crippen molar-refractivity contribution in [3.05, 3.63) is 11.9 Å². The number of anilines is 2. The number of nitrogens with one attached hydrogen (secondary N) is 1. The highest BCUT2D eigenvalue weighted by molar-refractivity contribution is 5.46. The molecule has 4 nitrogen and oxygen atoms in total. The quantitative estimate of drug-likeness (QED) is 0.862. The molecule has 3 N–H and O–H groups in total. The lowest BCUT2D eigenvalue weighted by Gasteiger charge is -2.28. The Morgan fingerprint density at radius 3 is 2.67 bits per heavy atom. The van der Waals surface area contributed by atoms with E-state index < -0.39 is 0 Å². The third kappa shape index (κ3) is 2.74. The first-order chi connectivity index (χ1) is 8.38. The number of hydrogen-bond acceptors (Lipinski definition) is 4. The molecule has 1 aliphatic rings. The Morgan fingerprint density at radius 2 is 2.11 bits per heavy atom. The van der Waals surface area contributed by atoms with Crippen LogP contribution in [0.4, 0.5) is 11.6 Å². The average Bonchev–Trinajstić information content (AvgIpc) is 2.57. The third-order valence-electron chi connectivity index (χ3n) is 3.86. The molecule has 100 valence electrons. The van der Waals surface area contributed by atoms with Gasteiger partial charge in [-0.3, -0.25) is 0 Å². The summed E-state index contributed by atoms with van der Waals surface area (Å²) in [5.41, 5.74) is 6.18. The zero-order valence-electron chi connectivity index (χ0n) is 11.8. The SMILES string of the molecule is CC(C)c1nc(N)cc(NC2CCCC2(C)C)n1. The van der Waals surface area contributed by atoms with Crippen molar-refractivity contribution in [2.75, 3.05) is 11.1 Å². The van der Waals surface area contributed by atoms with Gasteiger partial charge in [0.25, 0.3) is 0 Å². The molecule has 4 heteroatoms. The van der Waals surface area contributed by atoms with Gasteiger partial charge in [0.15, 0.2) is 0 Å². The Hall–Kier alpha value is -1.32. The summed E-state index contributed by atoms with van der Waals surface area (Å²) in [5.74, 6) is 2.53. The number of nitrogens with zero attached hydrogens (tertiary/aromatic N) is 2. The second-order valence-corrected chi connectivity index (χ2v) is 6.27. The Labute approximate surface area is 109 Å². The van der Waals surface area contributed by atoms with E-state index in [0.29, 0.717) is 23.2 Å². The molecule has 1 heterocycles. The molecule has 0 aromatic carbocycles. The molecule has 1 unspecified atom stereocenters. The van der Waals surface area contributed by atoms with Gasteiger partial charge in [-0.05, 0) is 18.3 Å². The van der Waals surface area contributed by atoms with E-state index in [1.54, 1.807) is 0 Å². The number of hydrogen-bond donors (Lipinski definition) is 2. The fourth-order valence-electron chi connectivity index (χ4n) is 2.59. The summed E-state index contributed by atoms with van der Waals surface area (Å²) in [5, 5.41) is 3.54.